The van der Waals surface area contributed by atoms with Crippen LogP contribution in [0.4, 0.5) is 5.69 Å². The van der Waals surface area contributed by atoms with E-state index in [1.807, 2.05) is 61.7 Å². The molecule has 0 aliphatic rings. The maximum atomic E-state index is 11.8. The van der Waals surface area contributed by atoms with E-state index < -0.39 is 0 Å². The van der Waals surface area contributed by atoms with Gasteiger partial charge in [0.25, 0.3) is 0 Å². The van der Waals surface area contributed by atoms with Crippen LogP contribution < -0.4 is 5.32 Å². The number of halogens is 1. The van der Waals surface area contributed by atoms with Gasteiger partial charge in [-0.2, -0.15) is 0 Å². The summed E-state index contributed by atoms with van der Waals surface area (Å²) in [5.74, 6) is 0.0638. The number of carbonyl (C=O) groups is 1. The van der Waals surface area contributed by atoms with Gasteiger partial charge in [-0.1, -0.05) is 30.7 Å². The van der Waals surface area contributed by atoms with Crippen molar-refractivity contribution >= 4 is 35.0 Å². The van der Waals surface area contributed by atoms with Crippen molar-refractivity contribution in [2.24, 2.45) is 0 Å². The van der Waals surface area contributed by atoms with Gasteiger partial charge in [0.1, 0.15) is 0 Å². The molecule has 152 valence electrons. The molecular weight excluding hydrogens is 402 g/mol. The van der Waals surface area contributed by atoms with Crippen LogP contribution in [0, 0.1) is 0 Å². The number of hydrogen-bond donors (Lipinski definition) is 1. The Balaban J connectivity index is 1.62. The van der Waals surface area contributed by atoms with Gasteiger partial charge >= 0.3 is 0 Å². The van der Waals surface area contributed by atoms with Gasteiger partial charge < -0.3 is 9.88 Å². The number of nitrogens with one attached hydrogen (secondary N) is 1. The van der Waals surface area contributed by atoms with Crippen molar-refractivity contribution in [3.05, 3.63) is 77.8 Å². The van der Waals surface area contributed by atoms with Crippen LogP contribution in [0.5, 0.6) is 0 Å². The first-order chi connectivity index (χ1) is 14.1. The van der Waals surface area contributed by atoms with Crippen LogP contribution >= 0.6 is 23.4 Å². The molecular formula is C23H26ClN3OS. The summed E-state index contributed by atoms with van der Waals surface area (Å²) in [5, 5.41) is 4.11. The normalized spacial score (nSPS) is 11.9. The van der Waals surface area contributed by atoms with Gasteiger partial charge in [0.2, 0.25) is 5.91 Å². The molecule has 0 radical (unpaired) electrons. The van der Waals surface area contributed by atoms with Crippen molar-refractivity contribution in [3.8, 4) is 0 Å². The second kappa shape index (κ2) is 11.1. The van der Waals surface area contributed by atoms with E-state index in [1.54, 1.807) is 0 Å². The van der Waals surface area contributed by atoms with Gasteiger partial charge in [-0.15, -0.1) is 11.8 Å². The number of aromatic nitrogens is 2. The monoisotopic (exact) mass is 427 g/mol. The van der Waals surface area contributed by atoms with Crippen LogP contribution in [-0.2, 0) is 17.8 Å². The molecule has 6 heteroatoms. The fraction of sp³-hybridized carbons (Fsp3) is 0.304. The summed E-state index contributed by atoms with van der Waals surface area (Å²) in [7, 11) is 0. The summed E-state index contributed by atoms with van der Waals surface area (Å²) in [6, 6.07) is 16.2. The Morgan fingerprint density at radius 2 is 1.93 bits per heavy atom. The summed E-state index contributed by atoms with van der Waals surface area (Å²) < 4.78 is 2.12. The number of hydrogen-bond acceptors (Lipinski definition) is 3. The number of rotatable bonds is 10. The Labute approximate surface area is 181 Å². The first kappa shape index (κ1) is 21.5. The fourth-order valence-corrected chi connectivity index (χ4v) is 4.34. The third-order valence-electron chi connectivity index (χ3n) is 4.56. The third kappa shape index (κ3) is 7.26. The lowest BCUT2D eigenvalue weighted by Gasteiger charge is -2.18. The zero-order valence-corrected chi connectivity index (χ0v) is 18.1. The lowest BCUT2D eigenvalue weighted by atomic mass is 10.1. The van der Waals surface area contributed by atoms with Crippen LogP contribution in [-0.4, -0.2) is 20.7 Å². The Morgan fingerprint density at radius 1 is 1.17 bits per heavy atom. The number of aryl methyl sites for hydroxylation is 1. The van der Waals surface area contributed by atoms with Crippen LogP contribution in [0.3, 0.4) is 0 Å². The second-order valence-corrected chi connectivity index (χ2v) is 8.80. The molecule has 1 unspecified atom stereocenters. The maximum absolute atomic E-state index is 11.8. The van der Waals surface area contributed by atoms with Crippen LogP contribution in [0.1, 0.15) is 31.7 Å². The number of benzene rings is 2. The molecule has 1 amide bonds. The van der Waals surface area contributed by atoms with Gasteiger partial charge in [-0.25, -0.2) is 4.98 Å². The van der Waals surface area contributed by atoms with E-state index in [-0.39, 0.29) is 5.91 Å². The van der Waals surface area contributed by atoms with Crippen molar-refractivity contribution in [2.75, 3.05) is 5.32 Å². The zero-order chi connectivity index (χ0) is 20.5. The molecule has 0 saturated heterocycles. The highest BCUT2D eigenvalue weighted by Crippen LogP contribution is 2.29. The summed E-state index contributed by atoms with van der Waals surface area (Å²) in [6.07, 6.45) is 9.12. The fourth-order valence-electron chi connectivity index (χ4n) is 3.06. The molecule has 1 aromatic heterocycles. The zero-order valence-electron chi connectivity index (χ0n) is 16.6. The largest absolute Gasteiger partial charge is 0.336 e. The van der Waals surface area contributed by atoms with E-state index in [0.29, 0.717) is 11.7 Å². The number of imidazole rings is 1. The van der Waals surface area contributed by atoms with Crippen molar-refractivity contribution in [1.29, 1.82) is 0 Å². The van der Waals surface area contributed by atoms with Gasteiger partial charge in [-0.3, -0.25) is 4.79 Å². The predicted molar refractivity (Wildman–Crippen MR) is 122 cm³/mol. The van der Waals surface area contributed by atoms with Crippen molar-refractivity contribution in [2.45, 2.75) is 49.3 Å². The molecule has 1 heterocycles. The first-order valence-corrected chi connectivity index (χ1v) is 11.1. The minimum Gasteiger partial charge on any atom is -0.336 e. The highest BCUT2D eigenvalue weighted by molar-refractivity contribution is 8.00. The molecule has 29 heavy (non-hydrogen) atoms. The molecule has 0 fully saturated rings. The molecule has 1 atom stereocenters. The molecule has 3 aromatic rings. The molecule has 0 aliphatic heterocycles. The average Bonchev–Trinajstić information content (AvgIpc) is 3.22. The van der Waals surface area contributed by atoms with Gasteiger partial charge in [0.05, 0.1) is 6.33 Å². The smallest absolute Gasteiger partial charge is 0.224 e. The topological polar surface area (TPSA) is 46.9 Å². The SMILES string of the molecule is CCCC(=O)Nc1ccc(SC(CCc2ccc(Cl)cc2)Cn2ccnc2)cc1. The lowest BCUT2D eigenvalue weighted by Crippen LogP contribution is -2.13. The van der Waals surface area contributed by atoms with E-state index in [1.165, 1.54) is 10.5 Å². The quantitative estimate of drug-likeness (QED) is 0.399. The number of thioether (sulfide) groups is 1. The standard InChI is InChI=1S/C23H26ClN3OS/c1-2-3-23(28)26-20-9-12-21(13-10-20)29-22(16-27-15-14-25-17-27)11-6-18-4-7-19(24)8-5-18/h4-5,7-10,12-15,17,22H,2-3,6,11,16H2,1H3,(H,26,28). The number of anilines is 1. The Kier molecular flexibility index (Phi) is 8.20. The van der Waals surface area contributed by atoms with Gasteiger partial charge in [0, 0.05) is 46.2 Å². The summed E-state index contributed by atoms with van der Waals surface area (Å²) in [6.45, 7) is 2.90. The number of amides is 1. The van der Waals surface area contributed by atoms with E-state index >= 15 is 0 Å². The van der Waals surface area contributed by atoms with E-state index in [2.05, 4.69) is 39.1 Å². The average molecular weight is 428 g/mol. The molecule has 1 N–H and O–H groups in total. The number of carbonyl (C=O) groups excluding carboxylic acids is 1. The molecule has 0 saturated carbocycles. The molecule has 2 aromatic carbocycles. The van der Waals surface area contributed by atoms with Crippen LogP contribution in [0.15, 0.2) is 72.1 Å². The molecule has 0 spiro atoms. The summed E-state index contributed by atoms with van der Waals surface area (Å²) >= 11 is 7.86. The van der Waals surface area contributed by atoms with Crippen LogP contribution in [0.25, 0.3) is 0 Å². The second-order valence-electron chi connectivity index (χ2n) is 6.99. The first-order valence-electron chi connectivity index (χ1n) is 9.89. The Morgan fingerprint density at radius 3 is 2.59 bits per heavy atom. The molecule has 3 rings (SSSR count). The van der Waals surface area contributed by atoms with Crippen molar-refractivity contribution in [3.63, 3.8) is 0 Å². The van der Waals surface area contributed by atoms with Gasteiger partial charge in [0.15, 0.2) is 0 Å². The van der Waals surface area contributed by atoms with Crippen molar-refractivity contribution < 1.29 is 4.79 Å². The predicted octanol–water partition coefficient (Wildman–Crippen LogP) is 6.07. The molecule has 0 aliphatic carbocycles. The number of nitrogens with zero attached hydrogens (tertiary/aromatic N) is 2. The van der Waals surface area contributed by atoms with Gasteiger partial charge in [-0.05, 0) is 61.2 Å². The van der Waals surface area contributed by atoms with E-state index in [0.717, 1.165) is 36.5 Å². The lowest BCUT2D eigenvalue weighted by molar-refractivity contribution is -0.116. The molecule has 4 nitrogen and oxygen atoms in total. The summed E-state index contributed by atoms with van der Waals surface area (Å²) in [5.41, 5.74) is 2.14. The highest BCUT2D eigenvalue weighted by atomic mass is 35.5. The molecule has 0 bridgehead atoms. The Bertz CT molecular complexity index is 880. The Hall–Kier alpha value is -2.24. The summed E-state index contributed by atoms with van der Waals surface area (Å²) in [4.78, 5) is 17.1. The van der Waals surface area contributed by atoms with E-state index in [4.69, 9.17) is 11.6 Å². The maximum Gasteiger partial charge on any atom is 0.224 e. The van der Waals surface area contributed by atoms with Crippen molar-refractivity contribution in [1.82, 2.24) is 9.55 Å². The highest BCUT2D eigenvalue weighted by Gasteiger charge is 2.12. The minimum absolute atomic E-state index is 0.0638. The van der Waals surface area contributed by atoms with Crippen LogP contribution in [0.2, 0.25) is 5.02 Å². The third-order valence-corrected chi connectivity index (χ3v) is 6.07. The minimum atomic E-state index is 0.0638. The van der Waals surface area contributed by atoms with E-state index in [9.17, 15) is 4.79 Å².